The normalized spacial score (nSPS) is 11.2. The van der Waals surface area contributed by atoms with Gasteiger partial charge in [-0.15, -0.1) is 0 Å². The van der Waals surface area contributed by atoms with Crippen LogP contribution in [-0.2, 0) is 15.0 Å². The van der Waals surface area contributed by atoms with Gasteiger partial charge in [-0.1, -0.05) is 0 Å². The second kappa shape index (κ2) is 5.89. The highest BCUT2D eigenvalue weighted by Crippen LogP contribution is 2.28. The van der Waals surface area contributed by atoms with Gasteiger partial charge in [0.1, 0.15) is 5.75 Å². The standard InChI is InChI=1S/C11H17N3O4S/c1-8(15)12-9-5-6-11(18-4)10(7-9)13-19(16,17)14(2)3/h5-7,13H,1-4H3,(H,12,15). The van der Waals surface area contributed by atoms with Gasteiger partial charge in [0.25, 0.3) is 0 Å². The molecule has 0 heterocycles. The van der Waals surface area contributed by atoms with Crippen molar-refractivity contribution in [2.75, 3.05) is 31.2 Å². The quantitative estimate of drug-likeness (QED) is 0.841. The van der Waals surface area contributed by atoms with Gasteiger partial charge in [0, 0.05) is 26.7 Å². The number of carbonyl (C=O) groups excluding carboxylic acids is 1. The molecule has 2 N–H and O–H groups in total. The number of rotatable bonds is 5. The number of methoxy groups -OCH3 is 1. The van der Waals surface area contributed by atoms with E-state index in [-0.39, 0.29) is 11.6 Å². The zero-order valence-corrected chi connectivity index (χ0v) is 12.0. The topological polar surface area (TPSA) is 87.7 Å². The van der Waals surface area contributed by atoms with Crippen molar-refractivity contribution in [3.05, 3.63) is 18.2 Å². The van der Waals surface area contributed by atoms with Gasteiger partial charge in [-0.25, -0.2) is 0 Å². The van der Waals surface area contributed by atoms with Crippen molar-refractivity contribution in [1.82, 2.24) is 4.31 Å². The molecule has 8 heteroatoms. The van der Waals surface area contributed by atoms with Gasteiger partial charge in [-0.05, 0) is 18.2 Å². The molecule has 0 aliphatic heterocycles. The van der Waals surface area contributed by atoms with Crippen molar-refractivity contribution in [2.45, 2.75) is 6.92 Å². The summed E-state index contributed by atoms with van der Waals surface area (Å²) in [6, 6.07) is 4.67. The number of benzene rings is 1. The van der Waals surface area contributed by atoms with Crippen LogP contribution >= 0.6 is 0 Å². The maximum Gasteiger partial charge on any atom is 0.301 e. The first-order valence-corrected chi connectivity index (χ1v) is 6.86. The fourth-order valence-corrected chi connectivity index (χ4v) is 1.92. The van der Waals surface area contributed by atoms with Crippen LogP contribution in [0.2, 0.25) is 0 Å². The number of nitrogens with one attached hydrogen (secondary N) is 2. The molecule has 0 aliphatic carbocycles. The second-order valence-electron chi connectivity index (χ2n) is 3.99. The minimum atomic E-state index is -3.64. The van der Waals surface area contributed by atoms with Crippen LogP contribution in [0.1, 0.15) is 6.92 Å². The summed E-state index contributed by atoms with van der Waals surface area (Å²) >= 11 is 0. The van der Waals surface area contributed by atoms with Crippen LogP contribution in [-0.4, -0.2) is 39.8 Å². The van der Waals surface area contributed by atoms with Gasteiger partial charge in [0.2, 0.25) is 5.91 Å². The van der Waals surface area contributed by atoms with E-state index in [1.165, 1.54) is 34.2 Å². The zero-order valence-electron chi connectivity index (χ0n) is 11.2. The Labute approximate surface area is 112 Å². The third-order valence-corrected chi connectivity index (χ3v) is 3.68. The Hall–Kier alpha value is -1.80. The summed E-state index contributed by atoms with van der Waals surface area (Å²) in [7, 11) is 0.611. The maximum atomic E-state index is 11.8. The molecule has 1 aromatic carbocycles. The van der Waals surface area contributed by atoms with Crippen LogP contribution < -0.4 is 14.8 Å². The zero-order chi connectivity index (χ0) is 14.6. The van der Waals surface area contributed by atoms with Crippen LogP contribution in [0, 0.1) is 0 Å². The van der Waals surface area contributed by atoms with E-state index in [4.69, 9.17) is 4.74 Å². The van der Waals surface area contributed by atoms with E-state index in [9.17, 15) is 13.2 Å². The molecule has 7 nitrogen and oxygen atoms in total. The molecule has 0 aliphatic rings. The molecule has 0 bridgehead atoms. The minimum Gasteiger partial charge on any atom is -0.495 e. The molecule has 1 amide bonds. The van der Waals surface area contributed by atoms with Crippen molar-refractivity contribution in [3.63, 3.8) is 0 Å². The van der Waals surface area contributed by atoms with Crippen LogP contribution in [0.4, 0.5) is 11.4 Å². The lowest BCUT2D eigenvalue weighted by Crippen LogP contribution is -2.29. The average molecular weight is 287 g/mol. The van der Waals surface area contributed by atoms with E-state index in [2.05, 4.69) is 10.0 Å². The van der Waals surface area contributed by atoms with Crippen molar-refractivity contribution >= 4 is 27.5 Å². The largest absolute Gasteiger partial charge is 0.495 e. The molecule has 1 aromatic rings. The first-order chi connectivity index (χ1) is 8.76. The average Bonchev–Trinajstić information content (AvgIpc) is 2.27. The lowest BCUT2D eigenvalue weighted by Gasteiger charge is -2.16. The number of amides is 1. The monoisotopic (exact) mass is 287 g/mol. The third kappa shape index (κ3) is 4.11. The molecule has 1 rings (SSSR count). The first-order valence-electron chi connectivity index (χ1n) is 5.42. The fourth-order valence-electron chi connectivity index (χ4n) is 1.30. The Morgan fingerprint density at radius 2 is 1.95 bits per heavy atom. The molecule has 0 saturated carbocycles. The third-order valence-electron chi connectivity index (χ3n) is 2.24. The molecule has 0 radical (unpaired) electrons. The Morgan fingerprint density at radius 1 is 1.32 bits per heavy atom. The maximum absolute atomic E-state index is 11.8. The van der Waals surface area contributed by atoms with Crippen molar-refractivity contribution < 1.29 is 17.9 Å². The van der Waals surface area contributed by atoms with Crippen LogP contribution in [0.15, 0.2) is 18.2 Å². The summed E-state index contributed by atoms with van der Waals surface area (Å²) in [5.74, 6) is 0.117. The van der Waals surface area contributed by atoms with Crippen LogP contribution in [0.3, 0.4) is 0 Å². The van der Waals surface area contributed by atoms with E-state index in [1.54, 1.807) is 12.1 Å². The summed E-state index contributed by atoms with van der Waals surface area (Å²) < 4.78 is 32.0. The highest BCUT2D eigenvalue weighted by atomic mass is 32.2. The highest BCUT2D eigenvalue weighted by molar-refractivity contribution is 7.90. The molecule has 0 fully saturated rings. The molecular formula is C11H17N3O4S. The van der Waals surface area contributed by atoms with Gasteiger partial charge in [-0.3, -0.25) is 9.52 Å². The van der Waals surface area contributed by atoms with E-state index in [1.807, 2.05) is 0 Å². The summed E-state index contributed by atoms with van der Waals surface area (Å²) in [4.78, 5) is 11.0. The van der Waals surface area contributed by atoms with E-state index >= 15 is 0 Å². The number of anilines is 2. The predicted molar refractivity (Wildman–Crippen MR) is 73.5 cm³/mol. The lowest BCUT2D eigenvalue weighted by molar-refractivity contribution is -0.114. The minimum absolute atomic E-state index is 0.244. The second-order valence-corrected chi connectivity index (χ2v) is 5.87. The Kier molecular flexibility index (Phi) is 4.73. The fraction of sp³-hybridized carbons (Fsp3) is 0.364. The van der Waals surface area contributed by atoms with Gasteiger partial charge in [0.05, 0.1) is 12.8 Å². The number of carbonyl (C=O) groups is 1. The molecule has 106 valence electrons. The molecule has 0 unspecified atom stereocenters. The van der Waals surface area contributed by atoms with Gasteiger partial charge < -0.3 is 10.1 Å². The molecule has 0 saturated heterocycles. The summed E-state index contributed by atoms with van der Waals surface area (Å²) in [6.07, 6.45) is 0. The van der Waals surface area contributed by atoms with Crippen molar-refractivity contribution in [3.8, 4) is 5.75 Å². The van der Waals surface area contributed by atoms with Crippen LogP contribution in [0.25, 0.3) is 0 Å². The van der Waals surface area contributed by atoms with Gasteiger partial charge >= 0.3 is 10.2 Å². The SMILES string of the molecule is COc1ccc(NC(C)=O)cc1NS(=O)(=O)N(C)C. The Morgan fingerprint density at radius 3 is 2.42 bits per heavy atom. The number of hydrogen-bond acceptors (Lipinski definition) is 4. The number of hydrogen-bond donors (Lipinski definition) is 2. The summed E-state index contributed by atoms with van der Waals surface area (Å²) in [6.45, 7) is 1.37. The van der Waals surface area contributed by atoms with Gasteiger partial charge in [0.15, 0.2) is 0 Å². The van der Waals surface area contributed by atoms with Crippen LogP contribution in [0.5, 0.6) is 5.75 Å². The van der Waals surface area contributed by atoms with Gasteiger partial charge in [-0.2, -0.15) is 12.7 Å². The lowest BCUT2D eigenvalue weighted by atomic mass is 10.2. The Balaban J connectivity index is 3.13. The molecule has 0 atom stereocenters. The predicted octanol–water partition coefficient (Wildman–Crippen LogP) is 0.872. The molecule has 19 heavy (non-hydrogen) atoms. The molecule has 0 spiro atoms. The molecular weight excluding hydrogens is 270 g/mol. The van der Waals surface area contributed by atoms with E-state index < -0.39 is 10.2 Å². The summed E-state index contributed by atoms with van der Waals surface area (Å²) in [5, 5.41) is 2.57. The van der Waals surface area contributed by atoms with Crippen molar-refractivity contribution in [2.24, 2.45) is 0 Å². The van der Waals surface area contributed by atoms with Crippen molar-refractivity contribution in [1.29, 1.82) is 0 Å². The smallest absolute Gasteiger partial charge is 0.301 e. The molecule has 0 aromatic heterocycles. The van der Waals surface area contributed by atoms with E-state index in [0.717, 1.165) is 4.31 Å². The highest BCUT2D eigenvalue weighted by Gasteiger charge is 2.16. The number of nitrogens with zero attached hydrogens (tertiary/aromatic N) is 1. The van der Waals surface area contributed by atoms with E-state index in [0.29, 0.717) is 11.4 Å². The summed E-state index contributed by atoms with van der Waals surface area (Å²) in [5.41, 5.74) is 0.729. The Bertz CT molecular complexity index is 569. The first kappa shape index (κ1) is 15.3. The number of ether oxygens (including phenoxy) is 1.